The van der Waals surface area contributed by atoms with Gasteiger partial charge in [-0.1, -0.05) is 35.9 Å². The SMILES string of the molecule is C=CCN(c1ccccc1Cl)S(=O)(=O)c1cccc(C(=O)Nc2ccc(NC(C)=O)cc2)c1. The summed E-state index contributed by atoms with van der Waals surface area (Å²) in [5.74, 6) is -0.681. The second kappa shape index (κ2) is 10.3. The number of anilines is 3. The van der Waals surface area contributed by atoms with Crippen LogP contribution >= 0.6 is 11.6 Å². The molecule has 0 aliphatic carbocycles. The van der Waals surface area contributed by atoms with Crippen molar-refractivity contribution in [2.45, 2.75) is 11.8 Å². The first kappa shape index (κ1) is 24.0. The van der Waals surface area contributed by atoms with E-state index < -0.39 is 15.9 Å². The Hall–Kier alpha value is -3.62. The summed E-state index contributed by atoms with van der Waals surface area (Å²) in [6.45, 7) is 5.05. The van der Waals surface area contributed by atoms with Gasteiger partial charge in [-0.15, -0.1) is 6.58 Å². The summed E-state index contributed by atoms with van der Waals surface area (Å²) in [5, 5.41) is 5.63. The molecule has 0 aromatic heterocycles. The Morgan fingerprint density at radius 1 is 0.970 bits per heavy atom. The standard InChI is InChI=1S/C24H22ClN3O4S/c1-3-15-28(23-10-5-4-9-22(23)25)33(31,32)21-8-6-7-18(16-21)24(30)27-20-13-11-19(12-14-20)26-17(2)29/h3-14,16H,1,15H2,2H3,(H,26,29)(H,27,30). The van der Waals surface area contributed by atoms with Gasteiger partial charge in [0.15, 0.2) is 0 Å². The maximum Gasteiger partial charge on any atom is 0.264 e. The molecule has 9 heteroatoms. The minimum atomic E-state index is -4.03. The monoisotopic (exact) mass is 483 g/mol. The predicted octanol–water partition coefficient (Wildman–Crippen LogP) is 4.93. The third-order valence-electron chi connectivity index (χ3n) is 4.56. The number of hydrogen-bond donors (Lipinski definition) is 2. The highest BCUT2D eigenvalue weighted by Crippen LogP contribution is 2.30. The van der Waals surface area contributed by atoms with Gasteiger partial charge in [0.25, 0.3) is 15.9 Å². The molecule has 0 radical (unpaired) electrons. The van der Waals surface area contributed by atoms with Gasteiger partial charge in [0.1, 0.15) is 0 Å². The Balaban J connectivity index is 1.87. The van der Waals surface area contributed by atoms with Gasteiger partial charge in [-0.2, -0.15) is 0 Å². The van der Waals surface area contributed by atoms with E-state index in [0.29, 0.717) is 17.1 Å². The summed E-state index contributed by atoms with van der Waals surface area (Å²) < 4.78 is 27.9. The van der Waals surface area contributed by atoms with E-state index in [1.807, 2.05) is 0 Å². The average molecular weight is 484 g/mol. The van der Waals surface area contributed by atoms with E-state index in [2.05, 4.69) is 17.2 Å². The van der Waals surface area contributed by atoms with E-state index in [1.54, 1.807) is 48.5 Å². The lowest BCUT2D eigenvalue weighted by atomic mass is 10.2. The van der Waals surface area contributed by atoms with Crippen LogP contribution < -0.4 is 14.9 Å². The number of sulfonamides is 1. The number of carbonyl (C=O) groups excluding carboxylic acids is 2. The number of rotatable bonds is 8. The lowest BCUT2D eigenvalue weighted by Crippen LogP contribution is -2.31. The van der Waals surface area contributed by atoms with Gasteiger partial charge < -0.3 is 10.6 Å². The van der Waals surface area contributed by atoms with Crippen LogP contribution in [0.4, 0.5) is 17.1 Å². The molecule has 7 nitrogen and oxygen atoms in total. The molecule has 0 saturated carbocycles. The molecule has 0 atom stereocenters. The first-order chi connectivity index (χ1) is 15.7. The number of nitrogens with zero attached hydrogens (tertiary/aromatic N) is 1. The molecule has 170 valence electrons. The molecule has 0 unspecified atom stereocenters. The Morgan fingerprint density at radius 3 is 2.21 bits per heavy atom. The number of hydrogen-bond acceptors (Lipinski definition) is 4. The van der Waals surface area contributed by atoms with Crippen molar-refractivity contribution in [1.82, 2.24) is 0 Å². The molecule has 2 N–H and O–H groups in total. The Morgan fingerprint density at radius 2 is 1.61 bits per heavy atom. The topological polar surface area (TPSA) is 95.6 Å². The highest BCUT2D eigenvalue weighted by molar-refractivity contribution is 7.92. The van der Waals surface area contributed by atoms with Crippen molar-refractivity contribution in [3.05, 3.63) is 96.0 Å². The summed E-state index contributed by atoms with van der Waals surface area (Å²) >= 11 is 6.23. The molecule has 2 amide bonds. The van der Waals surface area contributed by atoms with Crippen molar-refractivity contribution in [2.24, 2.45) is 0 Å². The summed E-state index contributed by atoms with van der Waals surface area (Å²) in [4.78, 5) is 23.8. The van der Waals surface area contributed by atoms with Crippen LogP contribution in [0.25, 0.3) is 0 Å². The smallest absolute Gasteiger partial charge is 0.264 e. The number of nitrogens with one attached hydrogen (secondary N) is 2. The van der Waals surface area contributed by atoms with Crippen LogP contribution in [-0.2, 0) is 14.8 Å². The van der Waals surface area contributed by atoms with E-state index in [-0.39, 0.29) is 27.9 Å². The summed E-state index contributed by atoms with van der Waals surface area (Å²) in [5.41, 5.74) is 1.56. The van der Waals surface area contributed by atoms with Crippen molar-refractivity contribution in [3.8, 4) is 0 Å². The summed E-state index contributed by atoms with van der Waals surface area (Å²) in [6, 6.07) is 18.9. The van der Waals surface area contributed by atoms with E-state index in [9.17, 15) is 18.0 Å². The molecule has 33 heavy (non-hydrogen) atoms. The summed E-state index contributed by atoms with van der Waals surface area (Å²) in [7, 11) is -4.03. The maximum atomic E-state index is 13.4. The summed E-state index contributed by atoms with van der Waals surface area (Å²) in [6.07, 6.45) is 1.46. The second-order valence-corrected chi connectivity index (χ2v) is 9.29. The molecule has 0 saturated heterocycles. The fraction of sp³-hybridized carbons (Fsp3) is 0.0833. The van der Waals surface area contributed by atoms with Gasteiger partial charge in [-0.05, 0) is 54.6 Å². The van der Waals surface area contributed by atoms with Crippen molar-refractivity contribution in [2.75, 3.05) is 21.5 Å². The molecule has 0 heterocycles. The van der Waals surface area contributed by atoms with Gasteiger partial charge in [-0.25, -0.2) is 8.42 Å². The van der Waals surface area contributed by atoms with Crippen LogP contribution in [0.2, 0.25) is 5.02 Å². The average Bonchev–Trinajstić information content (AvgIpc) is 2.79. The van der Waals surface area contributed by atoms with E-state index in [4.69, 9.17) is 11.6 Å². The highest BCUT2D eigenvalue weighted by atomic mass is 35.5. The fourth-order valence-corrected chi connectivity index (χ4v) is 4.85. The van der Waals surface area contributed by atoms with E-state index in [1.165, 1.54) is 37.3 Å². The van der Waals surface area contributed by atoms with Crippen molar-refractivity contribution < 1.29 is 18.0 Å². The van der Waals surface area contributed by atoms with Crippen molar-refractivity contribution in [3.63, 3.8) is 0 Å². The normalized spacial score (nSPS) is 10.8. The van der Waals surface area contributed by atoms with Crippen molar-refractivity contribution >= 4 is 50.5 Å². The van der Waals surface area contributed by atoms with Crippen LogP contribution in [0, 0.1) is 0 Å². The molecule has 3 aromatic rings. The molecule has 0 bridgehead atoms. The van der Waals surface area contributed by atoms with E-state index in [0.717, 1.165) is 4.31 Å². The number of carbonyl (C=O) groups is 2. The third-order valence-corrected chi connectivity index (χ3v) is 6.66. The number of halogens is 1. The largest absolute Gasteiger partial charge is 0.326 e. The second-order valence-electron chi connectivity index (χ2n) is 7.02. The lowest BCUT2D eigenvalue weighted by molar-refractivity contribution is -0.114. The lowest BCUT2D eigenvalue weighted by Gasteiger charge is -2.24. The predicted molar refractivity (Wildman–Crippen MR) is 131 cm³/mol. The van der Waals surface area contributed by atoms with E-state index >= 15 is 0 Å². The first-order valence-corrected chi connectivity index (χ1v) is 11.7. The Bertz CT molecular complexity index is 1290. The van der Waals surface area contributed by atoms with Gasteiger partial charge in [0.05, 0.1) is 22.2 Å². The minimum Gasteiger partial charge on any atom is -0.326 e. The third kappa shape index (κ3) is 5.79. The molecule has 3 aromatic carbocycles. The zero-order valence-electron chi connectivity index (χ0n) is 17.8. The maximum absolute atomic E-state index is 13.4. The van der Waals surface area contributed by atoms with Crippen LogP contribution in [0.15, 0.2) is 90.3 Å². The molecule has 3 rings (SSSR count). The van der Waals surface area contributed by atoms with Crippen LogP contribution in [0.3, 0.4) is 0 Å². The zero-order chi connectivity index (χ0) is 24.0. The minimum absolute atomic E-state index is 0.00311. The molecule has 0 aliphatic heterocycles. The molecule has 0 aliphatic rings. The number of benzene rings is 3. The van der Waals surface area contributed by atoms with Crippen molar-refractivity contribution in [1.29, 1.82) is 0 Å². The Kier molecular flexibility index (Phi) is 7.52. The number of para-hydroxylation sites is 1. The Labute approximate surface area is 197 Å². The van der Waals surface area contributed by atoms with Crippen LogP contribution in [-0.4, -0.2) is 26.8 Å². The van der Waals surface area contributed by atoms with Crippen LogP contribution in [0.5, 0.6) is 0 Å². The van der Waals surface area contributed by atoms with Crippen LogP contribution in [0.1, 0.15) is 17.3 Å². The first-order valence-electron chi connectivity index (χ1n) is 9.89. The zero-order valence-corrected chi connectivity index (χ0v) is 19.4. The molecule has 0 spiro atoms. The van der Waals surface area contributed by atoms with Gasteiger partial charge >= 0.3 is 0 Å². The fourth-order valence-electron chi connectivity index (χ4n) is 3.07. The van der Waals surface area contributed by atoms with Gasteiger partial charge in [0.2, 0.25) is 5.91 Å². The highest BCUT2D eigenvalue weighted by Gasteiger charge is 2.26. The quantitative estimate of drug-likeness (QED) is 0.444. The molecular formula is C24H22ClN3O4S. The molecular weight excluding hydrogens is 462 g/mol. The number of amides is 2. The van der Waals surface area contributed by atoms with Gasteiger partial charge in [0, 0.05) is 23.9 Å². The van der Waals surface area contributed by atoms with Gasteiger partial charge in [-0.3, -0.25) is 13.9 Å². The molecule has 0 fully saturated rings.